The molecule has 1 aromatic rings. The monoisotopic (exact) mass is 292 g/mol. The summed E-state index contributed by atoms with van der Waals surface area (Å²) < 4.78 is 25.3. The van der Waals surface area contributed by atoms with Crippen molar-refractivity contribution >= 4 is 22.4 Å². The number of hydrogen-bond donors (Lipinski definition) is 1. The van der Waals surface area contributed by atoms with E-state index in [9.17, 15) is 8.42 Å². The molecule has 0 aliphatic heterocycles. The second-order valence-electron chi connectivity index (χ2n) is 3.86. The van der Waals surface area contributed by atoms with E-state index in [4.69, 9.17) is 5.73 Å². The lowest BCUT2D eigenvalue weighted by Crippen LogP contribution is -2.33. The maximum atomic E-state index is 11.9. The summed E-state index contributed by atoms with van der Waals surface area (Å²) in [6.07, 6.45) is 0.687. The molecule has 0 saturated heterocycles. The largest absolute Gasteiger partial charge is 0.330 e. The molecule has 0 fully saturated rings. The minimum Gasteiger partial charge on any atom is -0.330 e. The van der Waals surface area contributed by atoms with Crippen molar-refractivity contribution in [2.45, 2.75) is 19.9 Å². The molecular weight excluding hydrogens is 272 g/mol. The van der Waals surface area contributed by atoms with E-state index in [-0.39, 0.29) is 18.2 Å². The average Bonchev–Trinajstić information content (AvgIpc) is 2.35. The van der Waals surface area contributed by atoms with E-state index < -0.39 is 10.0 Å². The van der Waals surface area contributed by atoms with Gasteiger partial charge in [0.15, 0.2) is 0 Å². The molecule has 0 radical (unpaired) electrons. The van der Waals surface area contributed by atoms with Crippen molar-refractivity contribution in [3.63, 3.8) is 0 Å². The van der Waals surface area contributed by atoms with Crippen molar-refractivity contribution in [2.75, 3.05) is 18.8 Å². The van der Waals surface area contributed by atoms with Crippen molar-refractivity contribution in [1.82, 2.24) is 4.31 Å². The Bertz CT molecular complexity index is 423. The summed E-state index contributed by atoms with van der Waals surface area (Å²) in [6, 6.07) is 9.60. The van der Waals surface area contributed by atoms with Crippen LogP contribution in [0, 0.1) is 0 Å². The molecule has 1 aromatic carbocycles. The molecule has 0 aromatic heterocycles. The van der Waals surface area contributed by atoms with E-state index in [0.29, 0.717) is 26.1 Å². The lowest BCUT2D eigenvalue weighted by atomic mass is 10.2. The summed E-state index contributed by atoms with van der Waals surface area (Å²) in [4.78, 5) is 0. The van der Waals surface area contributed by atoms with Gasteiger partial charge in [-0.3, -0.25) is 0 Å². The van der Waals surface area contributed by atoms with Crippen molar-refractivity contribution in [2.24, 2.45) is 5.73 Å². The molecular formula is C12H21ClN2O2S. The van der Waals surface area contributed by atoms with E-state index in [2.05, 4.69) is 0 Å². The third kappa shape index (κ3) is 5.35. The van der Waals surface area contributed by atoms with Crippen LogP contribution in [0.2, 0.25) is 0 Å². The molecule has 0 saturated carbocycles. The summed E-state index contributed by atoms with van der Waals surface area (Å²) in [5.41, 5.74) is 6.43. The van der Waals surface area contributed by atoms with Crippen LogP contribution in [0.15, 0.2) is 30.3 Å². The molecule has 18 heavy (non-hydrogen) atoms. The third-order valence-corrected chi connectivity index (χ3v) is 4.40. The summed E-state index contributed by atoms with van der Waals surface area (Å²) in [6.45, 7) is 3.08. The smallest absolute Gasteiger partial charge is 0.214 e. The first-order chi connectivity index (χ1) is 8.10. The van der Waals surface area contributed by atoms with Crippen LogP contribution in [0.4, 0.5) is 0 Å². The molecule has 0 amide bonds. The first-order valence-electron chi connectivity index (χ1n) is 5.82. The van der Waals surface area contributed by atoms with Crippen LogP contribution < -0.4 is 5.73 Å². The average molecular weight is 293 g/mol. The molecule has 0 aliphatic rings. The number of nitrogens with zero attached hydrogens (tertiary/aromatic N) is 1. The van der Waals surface area contributed by atoms with Crippen LogP contribution >= 0.6 is 12.4 Å². The molecule has 0 spiro atoms. The molecule has 0 unspecified atom stereocenters. The number of sulfonamides is 1. The zero-order valence-corrected chi connectivity index (χ0v) is 12.2. The Morgan fingerprint density at radius 1 is 1.22 bits per heavy atom. The molecule has 0 heterocycles. The molecule has 4 nitrogen and oxygen atoms in total. The first kappa shape index (κ1) is 17.4. The summed E-state index contributed by atoms with van der Waals surface area (Å²) >= 11 is 0. The van der Waals surface area contributed by atoms with Gasteiger partial charge in [0.1, 0.15) is 0 Å². The summed E-state index contributed by atoms with van der Waals surface area (Å²) in [5.74, 6) is 0.129. The van der Waals surface area contributed by atoms with Crippen LogP contribution in [-0.4, -0.2) is 31.6 Å². The lowest BCUT2D eigenvalue weighted by molar-refractivity contribution is 0.402. The normalized spacial score (nSPS) is 11.3. The molecule has 104 valence electrons. The lowest BCUT2D eigenvalue weighted by Gasteiger charge is -2.21. The second kappa shape index (κ2) is 8.48. The Morgan fingerprint density at radius 2 is 1.83 bits per heavy atom. The van der Waals surface area contributed by atoms with Crippen LogP contribution in [0.25, 0.3) is 0 Å². The van der Waals surface area contributed by atoms with E-state index in [1.807, 2.05) is 30.3 Å². The maximum Gasteiger partial charge on any atom is 0.214 e. The van der Waals surface area contributed by atoms with Crippen LogP contribution in [0.1, 0.15) is 18.9 Å². The summed E-state index contributed by atoms with van der Waals surface area (Å²) in [5, 5.41) is 0. The molecule has 0 bridgehead atoms. The van der Waals surface area contributed by atoms with E-state index in [1.54, 1.807) is 6.92 Å². The fourth-order valence-corrected chi connectivity index (χ4v) is 2.67. The fourth-order valence-electron chi connectivity index (χ4n) is 1.55. The maximum absolute atomic E-state index is 11.9. The zero-order valence-electron chi connectivity index (χ0n) is 10.6. The van der Waals surface area contributed by atoms with Gasteiger partial charge in [0, 0.05) is 13.1 Å². The van der Waals surface area contributed by atoms with Gasteiger partial charge >= 0.3 is 0 Å². The van der Waals surface area contributed by atoms with E-state index in [1.165, 1.54) is 4.31 Å². The predicted octanol–water partition coefficient (Wildman–Crippen LogP) is 1.61. The Hall–Kier alpha value is -0.620. The number of hydrogen-bond acceptors (Lipinski definition) is 3. The predicted molar refractivity (Wildman–Crippen MR) is 77.2 cm³/mol. The van der Waals surface area contributed by atoms with Crippen molar-refractivity contribution in [3.05, 3.63) is 35.9 Å². The quantitative estimate of drug-likeness (QED) is 0.830. The second-order valence-corrected chi connectivity index (χ2v) is 6.12. The number of nitrogens with two attached hydrogens (primary N) is 1. The highest BCUT2D eigenvalue weighted by molar-refractivity contribution is 7.89. The standard InChI is InChI=1S/C12H20N2O2S.ClH/c1-2-17(15,16)14(10-6-9-13)11-12-7-4-3-5-8-12;/h3-5,7-8H,2,6,9-11,13H2,1H3;1H. The first-order valence-corrected chi connectivity index (χ1v) is 7.43. The van der Waals surface area contributed by atoms with Crippen LogP contribution in [0.5, 0.6) is 0 Å². The highest BCUT2D eigenvalue weighted by Crippen LogP contribution is 2.10. The van der Waals surface area contributed by atoms with E-state index >= 15 is 0 Å². The zero-order chi connectivity index (χ0) is 12.7. The van der Waals surface area contributed by atoms with Gasteiger partial charge < -0.3 is 5.73 Å². The van der Waals surface area contributed by atoms with Crippen molar-refractivity contribution < 1.29 is 8.42 Å². The topological polar surface area (TPSA) is 63.4 Å². The van der Waals surface area contributed by atoms with E-state index in [0.717, 1.165) is 5.56 Å². The highest BCUT2D eigenvalue weighted by Gasteiger charge is 2.19. The molecule has 2 N–H and O–H groups in total. The van der Waals surface area contributed by atoms with Gasteiger partial charge in [-0.25, -0.2) is 8.42 Å². The number of benzene rings is 1. The molecule has 1 rings (SSSR count). The minimum absolute atomic E-state index is 0. The number of halogens is 1. The van der Waals surface area contributed by atoms with Gasteiger partial charge in [0.25, 0.3) is 0 Å². The Morgan fingerprint density at radius 3 is 2.33 bits per heavy atom. The molecule has 6 heteroatoms. The molecule has 0 atom stereocenters. The van der Waals surface area contributed by atoms with Crippen LogP contribution in [-0.2, 0) is 16.6 Å². The van der Waals surface area contributed by atoms with Crippen LogP contribution in [0.3, 0.4) is 0 Å². The Labute approximate surface area is 116 Å². The Balaban J connectivity index is 0.00000289. The number of rotatable bonds is 7. The van der Waals surface area contributed by atoms with Gasteiger partial charge in [0.2, 0.25) is 10.0 Å². The highest BCUT2D eigenvalue weighted by atomic mass is 35.5. The minimum atomic E-state index is -3.15. The fraction of sp³-hybridized carbons (Fsp3) is 0.500. The van der Waals surface area contributed by atoms with Crippen molar-refractivity contribution in [3.8, 4) is 0 Å². The Kier molecular flexibility index (Phi) is 8.18. The van der Waals surface area contributed by atoms with Gasteiger partial charge in [-0.15, -0.1) is 12.4 Å². The van der Waals surface area contributed by atoms with Gasteiger partial charge in [0.05, 0.1) is 5.75 Å². The van der Waals surface area contributed by atoms with Gasteiger partial charge in [-0.1, -0.05) is 30.3 Å². The van der Waals surface area contributed by atoms with Gasteiger partial charge in [-0.05, 0) is 25.5 Å². The third-order valence-electron chi connectivity index (χ3n) is 2.57. The SMILES string of the molecule is CCS(=O)(=O)N(CCCN)Cc1ccccc1.Cl. The van der Waals surface area contributed by atoms with Crippen molar-refractivity contribution in [1.29, 1.82) is 0 Å². The van der Waals surface area contributed by atoms with Gasteiger partial charge in [-0.2, -0.15) is 4.31 Å². The molecule has 0 aliphatic carbocycles. The summed E-state index contributed by atoms with van der Waals surface area (Å²) in [7, 11) is -3.15.